The van der Waals surface area contributed by atoms with Crippen LogP contribution in [0.5, 0.6) is 0 Å². The van der Waals surface area contributed by atoms with Gasteiger partial charge in [0.1, 0.15) is 11.2 Å². The molecule has 0 radical (unpaired) electrons. The van der Waals surface area contributed by atoms with Gasteiger partial charge in [-0.25, -0.2) is 0 Å². The van der Waals surface area contributed by atoms with Gasteiger partial charge < -0.3 is 18.6 Å². The number of benzene rings is 7. The molecule has 0 saturated heterocycles. The topological polar surface area (TPSA) is 32.8 Å². The summed E-state index contributed by atoms with van der Waals surface area (Å²) in [7, 11) is 0. The van der Waals surface area contributed by atoms with Gasteiger partial charge in [0.15, 0.2) is 0 Å². The van der Waals surface area contributed by atoms with Gasteiger partial charge in [-0.15, -0.1) is 11.3 Å². The zero-order valence-electron chi connectivity index (χ0n) is 41.1. The third-order valence-corrected chi connectivity index (χ3v) is 15.9. The fourth-order valence-electron chi connectivity index (χ4n) is 11.0. The number of nitrogens with zero attached hydrogens (tertiary/aromatic N) is 2. The molecule has 7 aromatic carbocycles. The average molecular weight is 905 g/mol. The summed E-state index contributed by atoms with van der Waals surface area (Å²) in [4.78, 5) is 5.23. The van der Waals surface area contributed by atoms with E-state index in [9.17, 15) is 0 Å². The quantitative estimate of drug-likeness (QED) is 0.165. The van der Waals surface area contributed by atoms with Crippen LogP contribution in [0.2, 0.25) is 0 Å². The lowest BCUT2D eigenvalue weighted by Crippen LogP contribution is -2.60. The van der Waals surface area contributed by atoms with Crippen LogP contribution in [0.1, 0.15) is 90.1 Å². The standard InChI is InChI=1S/C62H57BN2O2S/c1-36-28-41(61(6,7)8)29-37(2)57(36)65-52-33-42(62(9,10)11)32-51-56(52)63(59-58(65)46-31-40(60(3,4)5)23-27-55(46)68-59)49-30-39(48-35-67-54-19-15-13-17-45(48)54)22-26-50(49)64(51)43-24-20-38(21-25-43)47-34-66-53-18-14-12-16-44(47)53/h12-35H,1-11H3. The number of fused-ring (bicyclic) bond motifs is 8. The highest BCUT2D eigenvalue weighted by Gasteiger charge is 2.47. The molecule has 5 heterocycles. The molecule has 0 unspecified atom stereocenters. The van der Waals surface area contributed by atoms with E-state index in [2.05, 4.69) is 201 Å². The molecule has 0 aliphatic carbocycles. The maximum atomic E-state index is 6.22. The van der Waals surface area contributed by atoms with Crippen molar-refractivity contribution in [3.8, 4) is 22.3 Å². The Morgan fingerprint density at radius 1 is 0.471 bits per heavy atom. The minimum Gasteiger partial charge on any atom is -0.464 e. The Kier molecular flexibility index (Phi) is 9.31. The van der Waals surface area contributed by atoms with E-state index in [0.29, 0.717) is 0 Å². The van der Waals surface area contributed by atoms with Crippen molar-refractivity contribution in [1.82, 2.24) is 0 Å². The summed E-state index contributed by atoms with van der Waals surface area (Å²) in [6.07, 6.45) is 3.83. The van der Waals surface area contributed by atoms with Crippen molar-refractivity contribution in [3.05, 3.63) is 174 Å². The van der Waals surface area contributed by atoms with Crippen LogP contribution < -0.4 is 25.5 Å². The average Bonchev–Trinajstić information content (AvgIpc) is 4.04. The summed E-state index contributed by atoms with van der Waals surface area (Å²) < 4.78 is 14.9. The van der Waals surface area contributed by atoms with Crippen LogP contribution in [0.15, 0.2) is 155 Å². The number of thiophene rings is 1. The lowest BCUT2D eigenvalue weighted by molar-refractivity contribution is 0.589. The van der Waals surface area contributed by atoms with E-state index in [4.69, 9.17) is 8.83 Å². The maximum absolute atomic E-state index is 6.22. The van der Waals surface area contributed by atoms with Gasteiger partial charge in [-0.05, 0) is 135 Å². The highest BCUT2D eigenvalue weighted by Crippen LogP contribution is 2.52. The number of hydrogen-bond donors (Lipinski definition) is 0. The lowest BCUT2D eigenvalue weighted by Gasteiger charge is -2.45. The largest absolute Gasteiger partial charge is 0.464 e. The normalized spacial score (nSPS) is 13.7. The molecule has 68 heavy (non-hydrogen) atoms. The van der Waals surface area contributed by atoms with Crippen LogP contribution in [0.25, 0.3) is 54.3 Å². The van der Waals surface area contributed by atoms with Gasteiger partial charge in [0.25, 0.3) is 6.71 Å². The van der Waals surface area contributed by atoms with Crippen LogP contribution in [0.4, 0.5) is 34.1 Å². The first-order chi connectivity index (χ1) is 32.4. The van der Waals surface area contributed by atoms with E-state index in [1.165, 1.54) is 82.0 Å². The minimum absolute atomic E-state index is 0.0106. The number of para-hydroxylation sites is 2. The second-order valence-electron chi connectivity index (χ2n) is 22.4. The summed E-state index contributed by atoms with van der Waals surface area (Å²) in [6, 6.07) is 50.1. The third kappa shape index (κ3) is 6.54. The van der Waals surface area contributed by atoms with Crippen molar-refractivity contribution in [1.29, 1.82) is 0 Å². The number of furan rings is 2. The van der Waals surface area contributed by atoms with Gasteiger partial charge in [0.2, 0.25) is 0 Å². The van der Waals surface area contributed by atoms with Gasteiger partial charge in [0, 0.05) is 59.5 Å². The van der Waals surface area contributed by atoms with Crippen molar-refractivity contribution >= 4 is 99.9 Å². The first kappa shape index (κ1) is 42.6. The second kappa shape index (κ2) is 14.9. The van der Waals surface area contributed by atoms with Gasteiger partial charge in [0.05, 0.1) is 23.9 Å². The molecule has 2 aliphatic heterocycles. The van der Waals surface area contributed by atoms with E-state index in [1.807, 2.05) is 42.1 Å². The SMILES string of the molecule is Cc1cc(C(C)(C)C)cc(C)c1N1c2cc(C(C)(C)C)cc3c2B(c2cc(-c4coc5ccccc45)ccc2N3c2ccc(-c3coc4ccccc34)cc2)c2sc3ccc(C(C)(C)C)cc3c21. The molecule has 0 atom stereocenters. The highest BCUT2D eigenvalue weighted by atomic mass is 32.1. The van der Waals surface area contributed by atoms with Crippen molar-refractivity contribution in [2.24, 2.45) is 0 Å². The minimum atomic E-state index is -0.145. The first-order valence-electron chi connectivity index (χ1n) is 24.1. The Labute approximate surface area is 404 Å². The van der Waals surface area contributed by atoms with Crippen LogP contribution in [-0.4, -0.2) is 6.71 Å². The number of rotatable bonds is 4. The molecule has 0 saturated carbocycles. The molecule has 10 aromatic rings. The Morgan fingerprint density at radius 2 is 1.01 bits per heavy atom. The zero-order chi connectivity index (χ0) is 47.2. The number of hydrogen-bond acceptors (Lipinski definition) is 5. The first-order valence-corrected chi connectivity index (χ1v) is 24.9. The molecule has 0 bridgehead atoms. The predicted octanol–water partition coefficient (Wildman–Crippen LogP) is 16.3. The molecule has 2 aliphatic rings. The summed E-state index contributed by atoms with van der Waals surface area (Å²) in [6.45, 7) is 25.6. The maximum Gasteiger partial charge on any atom is 0.264 e. The molecular formula is C62H57BN2O2S. The Hall–Kier alpha value is -6.76. The van der Waals surface area contributed by atoms with Crippen molar-refractivity contribution in [2.75, 3.05) is 9.80 Å². The summed E-state index contributed by atoms with van der Waals surface area (Å²) in [5.41, 5.74) is 22.6. The van der Waals surface area contributed by atoms with Crippen LogP contribution in [-0.2, 0) is 16.2 Å². The molecule has 0 spiro atoms. The van der Waals surface area contributed by atoms with Gasteiger partial charge >= 0.3 is 0 Å². The Morgan fingerprint density at radius 3 is 1.62 bits per heavy atom. The van der Waals surface area contributed by atoms with Crippen molar-refractivity contribution in [2.45, 2.75) is 92.4 Å². The van der Waals surface area contributed by atoms with Crippen LogP contribution in [0, 0.1) is 13.8 Å². The monoisotopic (exact) mass is 904 g/mol. The van der Waals surface area contributed by atoms with Gasteiger partial charge in [-0.2, -0.15) is 0 Å². The molecule has 0 fully saturated rings. The Balaban J connectivity index is 1.18. The third-order valence-electron chi connectivity index (χ3n) is 14.7. The zero-order valence-corrected chi connectivity index (χ0v) is 41.9. The van der Waals surface area contributed by atoms with E-state index in [0.717, 1.165) is 49.9 Å². The van der Waals surface area contributed by atoms with Crippen LogP contribution >= 0.6 is 11.3 Å². The molecular weight excluding hydrogens is 848 g/mol. The highest BCUT2D eigenvalue weighted by molar-refractivity contribution is 7.33. The molecule has 12 rings (SSSR count). The molecule has 4 nitrogen and oxygen atoms in total. The van der Waals surface area contributed by atoms with E-state index in [-0.39, 0.29) is 23.0 Å². The van der Waals surface area contributed by atoms with E-state index in [1.54, 1.807) is 0 Å². The van der Waals surface area contributed by atoms with Gasteiger partial charge in [-0.1, -0.05) is 141 Å². The fourth-order valence-corrected chi connectivity index (χ4v) is 12.3. The molecule has 6 heteroatoms. The molecule has 0 N–H and O–H groups in total. The van der Waals surface area contributed by atoms with E-state index < -0.39 is 0 Å². The molecule has 0 amide bonds. The van der Waals surface area contributed by atoms with Crippen molar-refractivity contribution in [3.63, 3.8) is 0 Å². The predicted molar refractivity (Wildman–Crippen MR) is 292 cm³/mol. The summed E-state index contributed by atoms with van der Waals surface area (Å²) in [5, 5.41) is 3.55. The van der Waals surface area contributed by atoms with Gasteiger partial charge in [-0.3, -0.25) is 0 Å². The number of anilines is 6. The second-order valence-corrected chi connectivity index (χ2v) is 23.5. The summed E-state index contributed by atoms with van der Waals surface area (Å²) >= 11 is 1.97. The van der Waals surface area contributed by atoms with Crippen molar-refractivity contribution < 1.29 is 8.83 Å². The smallest absolute Gasteiger partial charge is 0.264 e. The lowest BCUT2D eigenvalue weighted by atomic mass is 9.36. The number of aryl methyl sites for hydroxylation is 2. The summed E-state index contributed by atoms with van der Waals surface area (Å²) in [5.74, 6) is 0. The van der Waals surface area contributed by atoms with E-state index >= 15 is 0 Å². The molecule has 3 aromatic heterocycles. The fraction of sp³-hybridized carbons (Fsp3) is 0.226. The Bertz CT molecular complexity index is 3650. The molecule has 336 valence electrons. The van der Waals surface area contributed by atoms with Crippen LogP contribution in [0.3, 0.4) is 0 Å².